The monoisotopic (exact) mass is 390 g/mol. The van der Waals surface area contributed by atoms with Gasteiger partial charge in [0.15, 0.2) is 0 Å². The van der Waals surface area contributed by atoms with Crippen molar-refractivity contribution in [3.63, 3.8) is 0 Å². The Balaban J connectivity index is 0.00000117. The standard InChI is InChI=1S/C13H17.2C3H2O2.CH3O.Ti/c1-3-7-12-10(5-1)9-11-6-2-4-8-13(11)12;2*1-2-3(4)5;1-2;/h9H,1-8H2;2*1H,(H,4,5);1H3;/q;;;-1;+3/p-2. The number of rotatable bonds is 3. The van der Waals surface area contributed by atoms with Crippen LogP contribution in [0.15, 0.2) is 22.3 Å². The molecule has 136 valence electrons. The van der Waals surface area contributed by atoms with Crippen molar-refractivity contribution in [3.05, 3.63) is 22.3 Å². The molecule has 0 aromatic carbocycles. The first-order valence-corrected chi connectivity index (χ1v) is 10.9. The zero-order chi connectivity index (χ0) is 19.1. The maximum atomic E-state index is 11.7. The Morgan fingerprint density at radius 2 is 1.27 bits per heavy atom. The van der Waals surface area contributed by atoms with Crippen molar-refractivity contribution in [2.24, 2.45) is 0 Å². The van der Waals surface area contributed by atoms with Crippen LogP contribution in [0.2, 0.25) is 4.22 Å². The van der Waals surface area contributed by atoms with E-state index in [-0.39, 0.29) is 4.22 Å². The van der Waals surface area contributed by atoms with Crippen molar-refractivity contribution in [1.29, 1.82) is 0 Å². The third-order valence-electron chi connectivity index (χ3n) is 4.94. The molecule has 0 aliphatic heterocycles. The predicted molar refractivity (Wildman–Crippen MR) is 90.5 cm³/mol. The van der Waals surface area contributed by atoms with Crippen molar-refractivity contribution < 1.29 is 40.0 Å². The summed E-state index contributed by atoms with van der Waals surface area (Å²) in [6.07, 6.45) is 19.0. The van der Waals surface area contributed by atoms with Gasteiger partial charge in [-0.3, -0.25) is 0 Å². The summed E-state index contributed by atoms with van der Waals surface area (Å²) in [4.78, 5) is 23.4. The smallest absolute Gasteiger partial charge is 0.153 e. The number of hydrogen-bond acceptors (Lipinski definition) is 5. The Labute approximate surface area is 161 Å². The maximum absolute atomic E-state index is 11.7. The first-order valence-electron chi connectivity index (χ1n) is 8.74. The van der Waals surface area contributed by atoms with E-state index in [1.807, 2.05) is 11.8 Å². The molecule has 0 aromatic heterocycles. The second-order valence-corrected chi connectivity index (χ2v) is 8.78. The Kier molecular flexibility index (Phi) is 7.73. The molecule has 0 atom stereocenters. The summed E-state index contributed by atoms with van der Waals surface area (Å²) >= 11 is -3.06. The summed E-state index contributed by atoms with van der Waals surface area (Å²) in [5.41, 5.74) is 5.49. The molecule has 0 heterocycles. The van der Waals surface area contributed by atoms with E-state index in [0.29, 0.717) is 0 Å². The van der Waals surface area contributed by atoms with Crippen LogP contribution >= 0.6 is 0 Å². The summed E-state index contributed by atoms with van der Waals surface area (Å²) in [6, 6.07) is 0. The molecule has 6 heteroatoms. The normalized spacial score (nSPS) is 18.5. The number of carbonyl (C=O) groups excluding carboxylic acids is 2. The molecule has 26 heavy (non-hydrogen) atoms. The van der Waals surface area contributed by atoms with E-state index < -0.39 is 30.6 Å². The predicted octanol–water partition coefficient (Wildman–Crippen LogP) is 2.31. The van der Waals surface area contributed by atoms with E-state index in [9.17, 15) is 9.59 Å². The molecule has 5 nitrogen and oxygen atoms in total. The molecular formula is C20H22O5Ti. The number of terminal acetylenes is 2. The Hall–Kier alpha value is -1.79. The van der Waals surface area contributed by atoms with Gasteiger partial charge in [-0.15, -0.1) is 0 Å². The van der Waals surface area contributed by atoms with Crippen molar-refractivity contribution >= 4 is 11.9 Å². The summed E-state index contributed by atoms with van der Waals surface area (Å²) in [7, 11) is 0.750. The number of allylic oxidation sites excluding steroid dienone is 4. The van der Waals surface area contributed by atoms with Gasteiger partial charge in [0.05, 0.1) is 0 Å². The van der Waals surface area contributed by atoms with Gasteiger partial charge in [-0.05, 0) is 0 Å². The van der Waals surface area contributed by atoms with Crippen LogP contribution in [0, 0.1) is 24.7 Å². The Bertz CT molecular complexity index is 659. The van der Waals surface area contributed by atoms with E-state index in [1.54, 1.807) is 0 Å². The van der Waals surface area contributed by atoms with Crippen molar-refractivity contribution in [1.82, 2.24) is 0 Å². The minimum atomic E-state index is -3.06. The molecule has 3 aliphatic carbocycles. The Morgan fingerprint density at radius 1 is 0.885 bits per heavy atom. The van der Waals surface area contributed by atoms with Gasteiger partial charge in [-0.2, -0.15) is 7.11 Å². The van der Waals surface area contributed by atoms with E-state index in [4.69, 9.17) is 24.6 Å². The largest absolute Gasteiger partial charge is 0.857 e. The van der Waals surface area contributed by atoms with Gasteiger partial charge < -0.3 is 5.11 Å². The summed E-state index contributed by atoms with van der Waals surface area (Å²) in [5, 5.41) is 8.25. The van der Waals surface area contributed by atoms with Gasteiger partial charge in [0.1, 0.15) is 0 Å². The Morgan fingerprint density at radius 3 is 1.65 bits per heavy atom. The summed E-state index contributed by atoms with van der Waals surface area (Å²) in [5.74, 6) is 2.39. The van der Waals surface area contributed by atoms with Gasteiger partial charge in [-0.1, -0.05) is 0 Å². The molecule has 0 amide bonds. The van der Waals surface area contributed by atoms with E-state index in [1.165, 1.54) is 35.1 Å². The zero-order valence-corrected chi connectivity index (χ0v) is 16.5. The second-order valence-electron chi connectivity index (χ2n) is 6.24. The molecular weight excluding hydrogens is 368 g/mol. The van der Waals surface area contributed by atoms with Gasteiger partial charge in [0.2, 0.25) is 0 Å². The minimum absolute atomic E-state index is 0.0507. The SMILES string of the molecule is C#CC(=O)[O][Ti+]([O]C(=O)C#C)[CH]1C2=C(CCCC2)C2=C1CCCC2.C[O-]. The van der Waals surface area contributed by atoms with Crippen LogP contribution in [0.3, 0.4) is 0 Å². The van der Waals surface area contributed by atoms with Gasteiger partial charge in [-0.25, -0.2) is 0 Å². The molecule has 0 aromatic rings. The second kappa shape index (κ2) is 9.79. The van der Waals surface area contributed by atoms with Crippen molar-refractivity contribution in [2.75, 3.05) is 7.11 Å². The zero-order valence-electron chi connectivity index (χ0n) is 14.9. The van der Waals surface area contributed by atoms with E-state index in [2.05, 4.69) is 0 Å². The van der Waals surface area contributed by atoms with Crippen LogP contribution in [-0.4, -0.2) is 19.0 Å². The number of hydrogen-bond donors (Lipinski definition) is 0. The van der Waals surface area contributed by atoms with Gasteiger partial charge in [0.25, 0.3) is 0 Å². The van der Waals surface area contributed by atoms with Crippen molar-refractivity contribution in [2.45, 2.75) is 55.6 Å². The van der Waals surface area contributed by atoms with Crippen LogP contribution in [0.5, 0.6) is 0 Å². The molecule has 0 saturated heterocycles. The van der Waals surface area contributed by atoms with Gasteiger partial charge in [0, 0.05) is 0 Å². The molecule has 0 saturated carbocycles. The first-order chi connectivity index (χ1) is 12.7. The number of fused-ring (bicyclic) bond motifs is 1. The average Bonchev–Trinajstić information content (AvgIpc) is 3.03. The fourth-order valence-electron chi connectivity index (χ4n) is 4.06. The fourth-order valence-corrected chi connectivity index (χ4v) is 7.13. The molecule has 3 rings (SSSR count). The third-order valence-corrected chi connectivity index (χ3v) is 7.97. The van der Waals surface area contributed by atoms with Crippen LogP contribution in [0.1, 0.15) is 51.4 Å². The average molecular weight is 390 g/mol. The topological polar surface area (TPSA) is 75.7 Å². The minimum Gasteiger partial charge on any atom is -0.857 e. The van der Waals surface area contributed by atoms with Crippen LogP contribution in [-0.2, 0) is 34.9 Å². The van der Waals surface area contributed by atoms with E-state index >= 15 is 0 Å². The van der Waals surface area contributed by atoms with Crippen molar-refractivity contribution in [3.8, 4) is 24.7 Å². The molecule has 0 bridgehead atoms. The first kappa shape index (κ1) is 20.5. The van der Waals surface area contributed by atoms with E-state index in [0.717, 1.165) is 45.6 Å². The molecule has 0 fully saturated rings. The fraction of sp³-hybridized carbons (Fsp3) is 0.500. The van der Waals surface area contributed by atoms with Crippen LogP contribution in [0.4, 0.5) is 0 Å². The third kappa shape index (κ3) is 4.30. The number of carbonyl (C=O) groups is 2. The molecule has 0 N–H and O–H groups in total. The summed E-state index contributed by atoms with van der Waals surface area (Å²) in [6.45, 7) is 0. The molecule has 0 radical (unpaired) electrons. The molecule has 0 unspecified atom stereocenters. The van der Waals surface area contributed by atoms with Gasteiger partial charge >= 0.3 is 149 Å². The summed E-state index contributed by atoms with van der Waals surface area (Å²) < 4.78 is 10.8. The van der Waals surface area contributed by atoms with Crippen LogP contribution in [0.25, 0.3) is 0 Å². The molecule has 3 aliphatic rings. The van der Waals surface area contributed by atoms with Crippen LogP contribution < -0.4 is 5.11 Å². The molecule has 0 spiro atoms. The maximum Gasteiger partial charge on any atom is -0.153 e. The quantitative estimate of drug-likeness (QED) is 0.546.